The van der Waals surface area contributed by atoms with Crippen molar-refractivity contribution in [3.63, 3.8) is 0 Å². The molecule has 0 aliphatic heterocycles. The van der Waals surface area contributed by atoms with Gasteiger partial charge in [0.05, 0.1) is 11.4 Å². The van der Waals surface area contributed by atoms with Crippen molar-refractivity contribution in [2.24, 2.45) is 0 Å². The van der Waals surface area contributed by atoms with Gasteiger partial charge in [0.25, 0.3) is 0 Å². The summed E-state index contributed by atoms with van der Waals surface area (Å²) in [5.74, 6) is 0.712. The smallest absolute Gasteiger partial charge is 0.160 e. The standard InChI is InChI=1S/C39H25N3S/c1-2-8-30(9-3-1)39-41-35(28-19-15-26(16-20-28)31-10-7-23-40-25-31)24-36(42-39)29-21-17-27(18-22-29)32-12-6-13-34-33-11-4-5-14-37(33)43-38(32)34/h1-25H. The van der Waals surface area contributed by atoms with Gasteiger partial charge in [0.15, 0.2) is 5.82 Å². The first-order chi connectivity index (χ1) is 21.3. The topological polar surface area (TPSA) is 38.7 Å². The molecular weight excluding hydrogens is 543 g/mol. The van der Waals surface area contributed by atoms with E-state index < -0.39 is 0 Å². The molecule has 4 heteroatoms. The molecule has 8 rings (SSSR count). The molecule has 3 heterocycles. The molecule has 0 aliphatic carbocycles. The van der Waals surface area contributed by atoms with Crippen LogP contribution in [-0.4, -0.2) is 15.0 Å². The lowest BCUT2D eigenvalue weighted by Crippen LogP contribution is -1.96. The number of nitrogens with zero attached hydrogens (tertiary/aromatic N) is 3. The maximum absolute atomic E-state index is 5.03. The Hall–Kier alpha value is -5.45. The quantitative estimate of drug-likeness (QED) is 0.208. The molecule has 0 fully saturated rings. The van der Waals surface area contributed by atoms with E-state index in [-0.39, 0.29) is 0 Å². The van der Waals surface area contributed by atoms with Crippen LogP contribution in [0.1, 0.15) is 0 Å². The zero-order valence-electron chi connectivity index (χ0n) is 23.2. The average Bonchev–Trinajstić information content (AvgIpc) is 3.48. The average molecular weight is 568 g/mol. The van der Waals surface area contributed by atoms with Crippen molar-refractivity contribution in [1.82, 2.24) is 15.0 Å². The SMILES string of the molecule is c1ccc(-c2nc(-c3ccc(-c4cccnc4)cc3)cc(-c3ccc(-c4cccc5c4sc4ccccc45)cc3)n2)cc1. The molecule has 3 nitrogen and oxygen atoms in total. The van der Waals surface area contributed by atoms with Crippen molar-refractivity contribution < 1.29 is 0 Å². The Bertz CT molecular complexity index is 2200. The first kappa shape index (κ1) is 25.3. The van der Waals surface area contributed by atoms with E-state index in [9.17, 15) is 0 Å². The Morgan fingerprint density at radius 3 is 1.79 bits per heavy atom. The van der Waals surface area contributed by atoms with Crippen molar-refractivity contribution in [3.8, 4) is 56.2 Å². The molecule has 0 N–H and O–H groups in total. The summed E-state index contributed by atoms with van der Waals surface area (Å²) in [7, 11) is 0. The van der Waals surface area contributed by atoms with Crippen LogP contribution in [0.5, 0.6) is 0 Å². The third-order valence-electron chi connectivity index (χ3n) is 7.83. The zero-order chi connectivity index (χ0) is 28.6. The van der Waals surface area contributed by atoms with Gasteiger partial charge in [-0.15, -0.1) is 11.3 Å². The molecule has 0 atom stereocenters. The van der Waals surface area contributed by atoms with E-state index >= 15 is 0 Å². The molecular formula is C39H25N3S. The van der Waals surface area contributed by atoms with E-state index in [4.69, 9.17) is 9.97 Å². The molecule has 0 saturated heterocycles. The maximum atomic E-state index is 5.03. The van der Waals surface area contributed by atoms with Crippen molar-refractivity contribution in [3.05, 3.63) is 152 Å². The van der Waals surface area contributed by atoms with Crippen LogP contribution in [0.3, 0.4) is 0 Å². The summed E-state index contributed by atoms with van der Waals surface area (Å²) in [5, 5.41) is 2.63. The van der Waals surface area contributed by atoms with Gasteiger partial charge in [0.1, 0.15) is 0 Å². The Kier molecular flexibility index (Phi) is 6.32. The van der Waals surface area contributed by atoms with E-state index in [1.54, 1.807) is 6.20 Å². The Labute approximate surface area is 253 Å². The van der Waals surface area contributed by atoms with Crippen molar-refractivity contribution in [2.45, 2.75) is 0 Å². The minimum Gasteiger partial charge on any atom is -0.264 e. The zero-order valence-corrected chi connectivity index (χ0v) is 24.0. The fraction of sp³-hybridized carbons (Fsp3) is 0. The molecule has 3 aromatic heterocycles. The largest absolute Gasteiger partial charge is 0.264 e. The number of hydrogen-bond donors (Lipinski definition) is 0. The molecule has 0 unspecified atom stereocenters. The van der Waals surface area contributed by atoms with Crippen LogP contribution >= 0.6 is 11.3 Å². The van der Waals surface area contributed by atoms with Crippen molar-refractivity contribution in [2.75, 3.05) is 0 Å². The molecule has 0 saturated carbocycles. The van der Waals surface area contributed by atoms with E-state index in [0.29, 0.717) is 5.82 Å². The third-order valence-corrected chi connectivity index (χ3v) is 9.05. The summed E-state index contributed by atoms with van der Waals surface area (Å²) in [4.78, 5) is 14.3. The maximum Gasteiger partial charge on any atom is 0.160 e. The number of benzene rings is 5. The Morgan fingerprint density at radius 1 is 0.442 bits per heavy atom. The van der Waals surface area contributed by atoms with Gasteiger partial charge in [-0.05, 0) is 40.5 Å². The highest BCUT2D eigenvalue weighted by molar-refractivity contribution is 7.26. The van der Waals surface area contributed by atoms with Crippen LogP contribution < -0.4 is 0 Å². The lowest BCUT2D eigenvalue weighted by Gasteiger charge is -2.11. The fourth-order valence-corrected chi connectivity index (χ4v) is 6.86. The highest BCUT2D eigenvalue weighted by Gasteiger charge is 2.13. The molecule has 0 amide bonds. The second-order valence-corrected chi connectivity index (χ2v) is 11.6. The predicted molar refractivity (Wildman–Crippen MR) is 180 cm³/mol. The lowest BCUT2D eigenvalue weighted by molar-refractivity contribution is 1.18. The van der Waals surface area contributed by atoms with Crippen molar-refractivity contribution >= 4 is 31.5 Å². The van der Waals surface area contributed by atoms with E-state index in [1.165, 1.54) is 31.3 Å². The van der Waals surface area contributed by atoms with E-state index in [1.807, 2.05) is 41.8 Å². The minimum atomic E-state index is 0.712. The number of aromatic nitrogens is 3. The molecule has 0 spiro atoms. The van der Waals surface area contributed by atoms with Crippen LogP contribution in [0.2, 0.25) is 0 Å². The van der Waals surface area contributed by atoms with Crippen LogP contribution in [0, 0.1) is 0 Å². The minimum absolute atomic E-state index is 0.712. The fourth-order valence-electron chi connectivity index (χ4n) is 5.62. The molecule has 0 radical (unpaired) electrons. The first-order valence-electron chi connectivity index (χ1n) is 14.3. The molecule has 0 aliphatic rings. The number of fused-ring (bicyclic) bond motifs is 3. The number of rotatable bonds is 5. The lowest BCUT2D eigenvalue weighted by atomic mass is 9.99. The third kappa shape index (κ3) is 4.78. The van der Waals surface area contributed by atoms with Crippen LogP contribution in [0.15, 0.2) is 152 Å². The summed E-state index contributed by atoms with van der Waals surface area (Å²) in [5.41, 5.74) is 9.55. The van der Waals surface area contributed by atoms with Gasteiger partial charge in [-0.2, -0.15) is 0 Å². The number of thiophene rings is 1. The summed E-state index contributed by atoms with van der Waals surface area (Å²) in [6.45, 7) is 0. The normalized spacial score (nSPS) is 11.3. The highest BCUT2D eigenvalue weighted by Crippen LogP contribution is 2.40. The molecule has 8 aromatic rings. The summed E-state index contributed by atoms with van der Waals surface area (Å²) >= 11 is 1.86. The van der Waals surface area contributed by atoms with Gasteiger partial charge in [-0.3, -0.25) is 4.98 Å². The summed E-state index contributed by atoms with van der Waals surface area (Å²) < 4.78 is 2.64. The highest BCUT2D eigenvalue weighted by atomic mass is 32.1. The van der Waals surface area contributed by atoms with Gasteiger partial charge in [-0.25, -0.2) is 9.97 Å². The van der Waals surface area contributed by atoms with E-state index in [2.05, 4.69) is 120 Å². The van der Waals surface area contributed by atoms with Gasteiger partial charge < -0.3 is 0 Å². The number of pyridine rings is 1. The van der Waals surface area contributed by atoms with Crippen LogP contribution in [-0.2, 0) is 0 Å². The summed E-state index contributed by atoms with van der Waals surface area (Å²) in [6, 6.07) is 48.8. The van der Waals surface area contributed by atoms with Gasteiger partial charge >= 0.3 is 0 Å². The summed E-state index contributed by atoms with van der Waals surface area (Å²) in [6.07, 6.45) is 3.68. The Balaban J connectivity index is 1.20. The Morgan fingerprint density at radius 2 is 1.07 bits per heavy atom. The van der Waals surface area contributed by atoms with Crippen LogP contribution in [0.4, 0.5) is 0 Å². The van der Waals surface area contributed by atoms with E-state index in [0.717, 1.165) is 39.2 Å². The number of hydrogen-bond acceptors (Lipinski definition) is 4. The van der Waals surface area contributed by atoms with Crippen LogP contribution in [0.25, 0.3) is 76.3 Å². The molecule has 5 aromatic carbocycles. The monoisotopic (exact) mass is 567 g/mol. The van der Waals surface area contributed by atoms with Gasteiger partial charge in [0, 0.05) is 49.3 Å². The predicted octanol–water partition coefficient (Wildman–Crippen LogP) is 10.6. The molecule has 43 heavy (non-hydrogen) atoms. The molecule has 202 valence electrons. The van der Waals surface area contributed by atoms with Gasteiger partial charge in [-0.1, -0.05) is 121 Å². The second-order valence-electron chi connectivity index (χ2n) is 10.5. The first-order valence-corrected chi connectivity index (χ1v) is 15.1. The molecule has 0 bridgehead atoms. The second kappa shape index (κ2) is 10.8. The van der Waals surface area contributed by atoms with Crippen molar-refractivity contribution in [1.29, 1.82) is 0 Å². The van der Waals surface area contributed by atoms with Gasteiger partial charge in [0.2, 0.25) is 0 Å².